The van der Waals surface area contributed by atoms with Gasteiger partial charge in [-0.25, -0.2) is 0 Å². The molecule has 3 nitrogen and oxygen atoms in total. The van der Waals surface area contributed by atoms with Crippen molar-refractivity contribution in [2.45, 2.75) is 13.3 Å². The highest BCUT2D eigenvalue weighted by molar-refractivity contribution is 5.98. The van der Waals surface area contributed by atoms with Gasteiger partial charge >= 0.3 is 0 Å². The summed E-state index contributed by atoms with van der Waals surface area (Å²) < 4.78 is 11.2. The molecule has 30 heavy (non-hydrogen) atoms. The average Bonchev–Trinajstić information content (AvgIpc) is 2.78. The molecule has 0 aromatic heterocycles. The van der Waals surface area contributed by atoms with Crippen LogP contribution in [0.25, 0.3) is 11.1 Å². The number of ether oxygens (including phenoxy) is 2. The van der Waals surface area contributed by atoms with E-state index in [1.165, 1.54) is 27.8 Å². The lowest BCUT2D eigenvalue weighted by Gasteiger charge is -2.17. The Kier molecular flexibility index (Phi) is 7.69. The lowest BCUT2D eigenvalue weighted by atomic mass is 9.88. The topological polar surface area (TPSA) is 21.7 Å². The summed E-state index contributed by atoms with van der Waals surface area (Å²) >= 11 is 0. The molecule has 3 aromatic rings. The van der Waals surface area contributed by atoms with E-state index in [1.54, 1.807) is 7.11 Å². The fraction of sp³-hybridized carbons (Fsp3) is 0.259. The Morgan fingerprint density at radius 2 is 1.30 bits per heavy atom. The first kappa shape index (κ1) is 21.7. The van der Waals surface area contributed by atoms with Crippen molar-refractivity contribution < 1.29 is 9.47 Å². The molecule has 0 amide bonds. The molecule has 3 heteroatoms. The third kappa shape index (κ3) is 5.52. The molecule has 0 aliphatic rings. The fourth-order valence-electron chi connectivity index (χ4n) is 3.50. The van der Waals surface area contributed by atoms with E-state index >= 15 is 0 Å². The van der Waals surface area contributed by atoms with E-state index in [4.69, 9.17) is 9.47 Å². The smallest absolute Gasteiger partial charge is 0.119 e. The van der Waals surface area contributed by atoms with Gasteiger partial charge in [0.2, 0.25) is 0 Å². The van der Waals surface area contributed by atoms with Crippen LogP contribution >= 0.6 is 0 Å². The number of nitrogens with zero attached hydrogens (tertiary/aromatic N) is 1. The van der Waals surface area contributed by atoms with Gasteiger partial charge < -0.3 is 14.4 Å². The van der Waals surface area contributed by atoms with Gasteiger partial charge in [-0.15, -0.1) is 0 Å². The number of rotatable bonds is 9. The minimum Gasteiger partial charge on any atom is -0.497 e. The minimum absolute atomic E-state index is 0.678. The van der Waals surface area contributed by atoms with Gasteiger partial charge in [-0.3, -0.25) is 0 Å². The molecule has 0 radical (unpaired) electrons. The fourth-order valence-corrected chi connectivity index (χ4v) is 3.50. The maximum atomic E-state index is 5.88. The summed E-state index contributed by atoms with van der Waals surface area (Å²) in [4.78, 5) is 2.12. The van der Waals surface area contributed by atoms with Crippen LogP contribution in [0.2, 0.25) is 0 Å². The summed E-state index contributed by atoms with van der Waals surface area (Å²) in [5, 5.41) is 0. The van der Waals surface area contributed by atoms with Gasteiger partial charge in [0, 0.05) is 6.54 Å². The first-order valence-electron chi connectivity index (χ1n) is 10.4. The van der Waals surface area contributed by atoms with Crippen LogP contribution in [0.1, 0.15) is 30.0 Å². The monoisotopic (exact) mass is 401 g/mol. The maximum Gasteiger partial charge on any atom is 0.119 e. The molecule has 0 saturated carbocycles. The second-order valence-electron chi connectivity index (χ2n) is 7.48. The summed E-state index contributed by atoms with van der Waals surface area (Å²) in [5.74, 6) is 1.76. The minimum atomic E-state index is 0.678. The molecule has 156 valence electrons. The first-order chi connectivity index (χ1) is 14.6. The van der Waals surface area contributed by atoms with Gasteiger partial charge in [-0.2, -0.15) is 0 Å². The van der Waals surface area contributed by atoms with Crippen molar-refractivity contribution in [3.05, 3.63) is 95.6 Å². The number of allylic oxidation sites excluding steroid dienone is 1. The number of hydrogen-bond acceptors (Lipinski definition) is 3. The number of methoxy groups -OCH3 is 1. The zero-order valence-corrected chi connectivity index (χ0v) is 18.4. The highest BCUT2D eigenvalue weighted by Gasteiger charge is 2.13. The zero-order chi connectivity index (χ0) is 21.3. The van der Waals surface area contributed by atoms with Crippen molar-refractivity contribution in [1.82, 2.24) is 4.90 Å². The molecule has 0 aliphatic carbocycles. The molecule has 0 N–H and O–H groups in total. The quantitative estimate of drug-likeness (QED) is 0.410. The molecule has 0 unspecified atom stereocenters. The molecule has 0 heterocycles. The Hall–Kier alpha value is -3.04. The van der Waals surface area contributed by atoms with Crippen LogP contribution in [-0.2, 0) is 0 Å². The molecule has 0 saturated heterocycles. The van der Waals surface area contributed by atoms with Gasteiger partial charge in [0.1, 0.15) is 18.1 Å². The van der Waals surface area contributed by atoms with Gasteiger partial charge in [0.05, 0.1) is 7.11 Å². The van der Waals surface area contributed by atoms with Crippen LogP contribution in [0.5, 0.6) is 11.5 Å². The summed E-state index contributed by atoms with van der Waals surface area (Å²) in [7, 11) is 5.80. The van der Waals surface area contributed by atoms with Crippen molar-refractivity contribution in [3.63, 3.8) is 0 Å². The van der Waals surface area contributed by atoms with Crippen LogP contribution in [0.15, 0.2) is 78.9 Å². The van der Waals surface area contributed by atoms with Crippen molar-refractivity contribution >= 4 is 11.1 Å². The Bertz CT molecular complexity index is 942. The van der Waals surface area contributed by atoms with E-state index in [0.29, 0.717) is 6.61 Å². The predicted octanol–water partition coefficient (Wildman–Crippen LogP) is 6.00. The standard InChI is InChI=1S/C27H31NO2/c1-5-26(21-9-7-6-8-10-21)27(22-11-15-24(29-4)16-12-22)23-13-17-25(18-14-23)30-20-19-28(2)3/h6-18H,5,19-20H2,1-4H3/b27-26-. The van der Waals surface area contributed by atoms with E-state index in [9.17, 15) is 0 Å². The van der Waals surface area contributed by atoms with E-state index in [2.05, 4.69) is 78.6 Å². The Labute approximate surface area is 180 Å². The molecule has 0 fully saturated rings. The average molecular weight is 402 g/mol. The van der Waals surface area contributed by atoms with Gasteiger partial charge in [-0.1, -0.05) is 61.5 Å². The molecule has 3 rings (SSSR count). The first-order valence-corrected chi connectivity index (χ1v) is 10.4. The van der Waals surface area contributed by atoms with Crippen molar-refractivity contribution in [2.75, 3.05) is 34.4 Å². The number of benzene rings is 3. The zero-order valence-electron chi connectivity index (χ0n) is 18.4. The lowest BCUT2D eigenvalue weighted by molar-refractivity contribution is 0.261. The molecule has 0 spiro atoms. The van der Waals surface area contributed by atoms with Gasteiger partial charge in [-0.05, 0) is 72.6 Å². The second-order valence-corrected chi connectivity index (χ2v) is 7.48. The molecule has 0 aliphatic heterocycles. The van der Waals surface area contributed by atoms with E-state index in [1.807, 2.05) is 26.2 Å². The molecular formula is C27H31NO2. The molecule has 3 aromatic carbocycles. The third-order valence-electron chi connectivity index (χ3n) is 5.11. The Morgan fingerprint density at radius 1 is 0.733 bits per heavy atom. The van der Waals surface area contributed by atoms with E-state index in [0.717, 1.165) is 24.5 Å². The second kappa shape index (κ2) is 10.7. The van der Waals surface area contributed by atoms with Crippen LogP contribution < -0.4 is 9.47 Å². The third-order valence-corrected chi connectivity index (χ3v) is 5.11. The number of likely N-dealkylation sites (N-methyl/N-ethyl adjacent to an activating group) is 1. The summed E-state index contributed by atoms with van der Waals surface area (Å²) in [6, 6.07) is 27.4. The van der Waals surface area contributed by atoms with Crippen LogP contribution in [-0.4, -0.2) is 39.3 Å². The Morgan fingerprint density at radius 3 is 1.80 bits per heavy atom. The summed E-state index contributed by atoms with van der Waals surface area (Å²) in [6.07, 6.45) is 0.937. The maximum absolute atomic E-state index is 5.88. The SMILES string of the molecule is CC/C(=C(\c1ccc(OC)cc1)c1ccc(OCCN(C)C)cc1)c1ccccc1. The largest absolute Gasteiger partial charge is 0.497 e. The normalized spacial score (nSPS) is 11.9. The van der Waals surface area contributed by atoms with Crippen molar-refractivity contribution in [1.29, 1.82) is 0 Å². The van der Waals surface area contributed by atoms with E-state index < -0.39 is 0 Å². The number of hydrogen-bond donors (Lipinski definition) is 0. The molecule has 0 bridgehead atoms. The Balaban J connectivity index is 2.02. The van der Waals surface area contributed by atoms with Gasteiger partial charge in [0.25, 0.3) is 0 Å². The summed E-state index contributed by atoms with van der Waals surface area (Å²) in [5.41, 5.74) is 6.17. The van der Waals surface area contributed by atoms with Crippen molar-refractivity contribution in [3.8, 4) is 11.5 Å². The highest BCUT2D eigenvalue weighted by Crippen LogP contribution is 2.35. The summed E-state index contributed by atoms with van der Waals surface area (Å²) in [6.45, 7) is 3.79. The van der Waals surface area contributed by atoms with Crippen LogP contribution in [0, 0.1) is 0 Å². The van der Waals surface area contributed by atoms with Crippen LogP contribution in [0.3, 0.4) is 0 Å². The predicted molar refractivity (Wildman–Crippen MR) is 126 cm³/mol. The van der Waals surface area contributed by atoms with E-state index in [-0.39, 0.29) is 0 Å². The molecular weight excluding hydrogens is 370 g/mol. The van der Waals surface area contributed by atoms with Gasteiger partial charge in [0.15, 0.2) is 0 Å². The lowest BCUT2D eigenvalue weighted by Crippen LogP contribution is -2.19. The van der Waals surface area contributed by atoms with Crippen molar-refractivity contribution in [2.24, 2.45) is 0 Å². The van der Waals surface area contributed by atoms with Crippen LogP contribution in [0.4, 0.5) is 0 Å². The molecule has 0 atom stereocenters. The highest BCUT2D eigenvalue weighted by atomic mass is 16.5.